The van der Waals surface area contributed by atoms with Crippen molar-refractivity contribution < 1.29 is 0 Å². The second kappa shape index (κ2) is 7.56. The molecular weight excluding hydrogens is 240 g/mol. The Morgan fingerprint density at radius 3 is 2.72 bits per heavy atom. The second-order valence-corrected chi connectivity index (χ2v) is 7.40. The van der Waals surface area contributed by atoms with Crippen molar-refractivity contribution in [3.8, 4) is 0 Å². The Labute approximate surface area is 118 Å². The van der Waals surface area contributed by atoms with E-state index in [0.717, 1.165) is 12.3 Å². The van der Waals surface area contributed by atoms with E-state index in [2.05, 4.69) is 44.5 Å². The van der Waals surface area contributed by atoms with Crippen molar-refractivity contribution >= 4 is 11.8 Å². The maximum absolute atomic E-state index is 3.78. The number of hydrogen-bond donors (Lipinski definition) is 1. The number of piperazine rings is 1. The smallest absolute Gasteiger partial charge is 0.0244 e. The summed E-state index contributed by atoms with van der Waals surface area (Å²) in [4.78, 5) is 2.68. The van der Waals surface area contributed by atoms with E-state index in [4.69, 9.17) is 0 Å². The van der Waals surface area contributed by atoms with Gasteiger partial charge in [0.25, 0.3) is 0 Å². The molecule has 2 nitrogen and oxygen atoms in total. The average Bonchev–Trinajstić information content (AvgIpc) is 2.33. The van der Waals surface area contributed by atoms with Gasteiger partial charge in [-0.1, -0.05) is 33.8 Å². The monoisotopic (exact) mass is 270 g/mol. The van der Waals surface area contributed by atoms with Gasteiger partial charge in [0.2, 0.25) is 0 Å². The first-order valence-electron chi connectivity index (χ1n) is 7.15. The molecule has 1 heterocycles. The third-order valence-corrected chi connectivity index (χ3v) is 4.75. The molecule has 1 N–H and O–H groups in total. The third kappa shape index (κ3) is 4.94. The van der Waals surface area contributed by atoms with Gasteiger partial charge < -0.3 is 5.32 Å². The Morgan fingerprint density at radius 1 is 1.44 bits per heavy atom. The number of thioether (sulfide) groups is 1. The quantitative estimate of drug-likeness (QED) is 0.590. The van der Waals surface area contributed by atoms with Gasteiger partial charge in [-0.25, -0.2) is 0 Å². The van der Waals surface area contributed by atoms with Crippen LogP contribution in [0.3, 0.4) is 0 Å². The Hall–Kier alpha value is 0.01000. The molecule has 0 aromatic rings. The number of hydrogen-bond acceptors (Lipinski definition) is 3. The van der Waals surface area contributed by atoms with E-state index in [1.54, 1.807) is 0 Å². The lowest BCUT2D eigenvalue weighted by molar-refractivity contribution is 0.0893. The Balaban J connectivity index is 2.46. The van der Waals surface area contributed by atoms with Crippen LogP contribution in [0.2, 0.25) is 0 Å². The highest BCUT2D eigenvalue weighted by Crippen LogP contribution is 2.24. The average molecular weight is 270 g/mol. The molecule has 2 atom stereocenters. The largest absolute Gasteiger partial charge is 0.311 e. The van der Waals surface area contributed by atoms with Crippen molar-refractivity contribution in [1.82, 2.24) is 10.2 Å². The van der Waals surface area contributed by atoms with Gasteiger partial charge in [0.05, 0.1) is 0 Å². The highest BCUT2D eigenvalue weighted by molar-refractivity contribution is 7.99. The molecule has 1 aliphatic heterocycles. The maximum Gasteiger partial charge on any atom is 0.0244 e. The summed E-state index contributed by atoms with van der Waals surface area (Å²) in [5.74, 6) is 2.30. The SMILES string of the molecule is C=CCSCCN1CC(C(C)(C)C)NCC1CC. The van der Waals surface area contributed by atoms with Crippen molar-refractivity contribution in [3.63, 3.8) is 0 Å². The molecule has 0 spiro atoms. The van der Waals surface area contributed by atoms with Gasteiger partial charge in [-0.3, -0.25) is 4.90 Å². The molecule has 1 rings (SSSR count). The lowest BCUT2D eigenvalue weighted by atomic mass is 9.84. The third-order valence-electron chi connectivity index (χ3n) is 3.81. The van der Waals surface area contributed by atoms with Gasteiger partial charge >= 0.3 is 0 Å². The lowest BCUT2D eigenvalue weighted by Crippen LogP contribution is -2.60. The van der Waals surface area contributed by atoms with E-state index in [9.17, 15) is 0 Å². The molecule has 0 aromatic carbocycles. The highest BCUT2D eigenvalue weighted by atomic mass is 32.2. The summed E-state index contributed by atoms with van der Waals surface area (Å²) in [6.45, 7) is 16.6. The second-order valence-electron chi connectivity index (χ2n) is 6.25. The van der Waals surface area contributed by atoms with Gasteiger partial charge in [0.15, 0.2) is 0 Å². The molecule has 2 unspecified atom stereocenters. The summed E-state index contributed by atoms with van der Waals surface area (Å²) in [6.07, 6.45) is 3.24. The molecule has 1 aliphatic rings. The molecule has 0 bridgehead atoms. The van der Waals surface area contributed by atoms with Crippen LogP contribution in [0.1, 0.15) is 34.1 Å². The molecule has 18 heavy (non-hydrogen) atoms. The standard InChI is InChI=1S/C15H30N2S/c1-6-9-18-10-8-17-12-14(15(3,4)5)16-11-13(17)7-2/h6,13-14,16H,1,7-12H2,2-5H3. The Morgan fingerprint density at radius 2 is 2.17 bits per heavy atom. The highest BCUT2D eigenvalue weighted by Gasteiger charge is 2.32. The van der Waals surface area contributed by atoms with Crippen molar-refractivity contribution in [2.75, 3.05) is 31.1 Å². The molecule has 3 heteroatoms. The zero-order chi connectivity index (χ0) is 13.6. The van der Waals surface area contributed by atoms with Gasteiger partial charge in [-0.15, -0.1) is 6.58 Å². The molecule has 1 saturated heterocycles. The minimum Gasteiger partial charge on any atom is -0.311 e. The van der Waals surface area contributed by atoms with E-state index >= 15 is 0 Å². The summed E-state index contributed by atoms with van der Waals surface area (Å²) in [6, 6.07) is 1.33. The Kier molecular flexibility index (Phi) is 6.75. The van der Waals surface area contributed by atoms with Crippen LogP contribution in [-0.2, 0) is 0 Å². The zero-order valence-corrected chi connectivity index (χ0v) is 13.4. The molecule has 0 radical (unpaired) electrons. The fourth-order valence-corrected chi connectivity index (χ4v) is 3.16. The van der Waals surface area contributed by atoms with Gasteiger partial charge in [0.1, 0.15) is 0 Å². The van der Waals surface area contributed by atoms with Crippen LogP contribution in [0, 0.1) is 5.41 Å². The predicted octanol–water partition coefficient (Wildman–Crippen LogP) is 3.00. The van der Waals surface area contributed by atoms with E-state index in [-0.39, 0.29) is 0 Å². The van der Waals surface area contributed by atoms with Crippen LogP contribution >= 0.6 is 11.8 Å². The summed E-state index contributed by atoms with van der Waals surface area (Å²) in [5.41, 5.74) is 0.352. The van der Waals surface area contributed by atoms with E-state index in [1.165, 1.54) is 25.3 Å². The molecular formula is C15H30N2S. The van der Waals surface area contributed by atoms with Crippen molar-refractivity contribution in [2.45, 2.75) is 46.2 Å². The fraction of sp³-hybridized carbons (Fsp3) is 0.867. The number of rotatable bonds is 6. The minimum atomic E-state index is 0.352. The molecule has 0 aromatic heterocycles. The van der Waals surface area contributed by atoms with E-state index < -0.39 is 0 Å². The molecule has 0 amide bonds. The summed E-state index contributed by atoms with van der Waals surface area (Å²) >= 11 is 1.99. The van der Waals surface area contributed by atoms with Crippen LogP contribution in [0.4, 0.5) is 0 Å². The summed E-state index contributed by atoms with van der Waals surface area (Å²) in [5, 5.41) is 3.73. The van der Waals surface area contributed by atoms with E-state index in [0.29, 0.717) is 17.5 Å². The fourth-order valence-electron chi connectivity index (χ4n) is 2.46. The number of nitrogens with zero attached hydrogens (tertiary/aromatic N) is 1. The van der Waals surface area contributed by atoms with Crippen molar-refractivity contribution in [3.05, 3.63) is 12.7 Å². The lowest BCUT2D eigenvalue weighted by Gasteiger charge is -2.45. The first-order valence-corrected chi connectivity index (χ1v) is 8.30. The first-order chi connectivity index (χ1) is 8.49. The van der Waals surface area contributed by atoms with Gasteiger partial charge in [-0.2, -0.15) is 11.8 Å². The van der Waals surface area contributed by atoms with Crippen LogP contribution in [0.5, 0.6) is 0 Å². The van der Waals surface area contributed by atoms with Crippen molar-refractivity contribution in [1.29, 1.82) is 0 Å². The van der Waals surface area contributed by atoms with Crippen LogP contribution < -0.4 is 5.32 Å². The molecule has 0 saturated carbocycles. The molecule has 0 aliphatic carbocycles. The minimum absolute atomic E-state index is 0.352. The van der Waals surface area contributed by atoms with E-state index in [1.807, 2.05) is 17.8 Å². The predicted molar refractivity (Wildman–Crippen MR) is 84.4 cm³/mol. The van der Waals surface area contributed by atoms with Crippen LogP contribution in [0.15, 0.2) is 12.7 Å². The maximum atomic E-state index is 3.78. The molecule has 1 fully saturated rings. The number of nitrogens with one attached hydrogen (secondary N) is 1. The summed E-state index contributed by atoms with van der Waals surface area (Å²) < 4.78 is 0. The topological polar surface area (TPSA) is 15.3 Å². The Bertz CT molecular complexity index is 247. The van der Waals surface area contributed by atoms with Gasteiger partial charge in [0, 0.05) is 43.2 Å². The van der Waals surface area contributed by atoms with Crippen molar-refractivity contribution in [2.24, 2.45) is 5.41 Å². The zero-order valence-electron chi connectivity index (χ0n) is 12.5. The summed E-state index contributed by atoms with van der Waals surface area (Å²) in [7, 11) is 0. The van der Waals surface area contributed by atoms with Crippen LogP contribution in [-0.4, -0.2) is 48.1 Å². The normalized spacial score (nSPS) is 26.2. The first kappa shape index (κ1) is 16.1. The molecule has 106 valence electrons. The van der Waals surface area contributed by atoms with Gasteiger partial charge in [-0.05, 0) is 11.8 Å². The van der Waals surface area contributed by atoms with Crippen LogP contribution in [0.25, 0.3) is 0 Å².